The smallest absolute Gasteiger partial charge is 0.287 e. The average Bonchev–Trinajstić information content (AvgIpc) is 3.13. The van der Waals surface area contributed by atoms with E-state index in [2.05, 4.69) is 10.3 Å². The summed E-state index contributed by atoms with van der Waals surface area (Å²) in [6, 6.07) is 9.82. The fourth-order valence-corrected chi connectivity index (χ4v) is 3.84. The summed E-state index contributed by atoms with van der Waals surface area (Å²) >= 11 is 0. The summed E-state index contributed by atoms with van der Waals surface area (Å²) in [5.74, 6) is 0.169. The highest BCUT2D eigenvalue weighted by Gasteiger charge is 2.27. The lowest BCUT2D eigenvalue weighted by atomic mass is 10.0. The second-order valence-electron chi connectivity index (χ2n) is 7.79. The van der Waals surface area contributed by atoms with E-state index in [9.17, 15) is 9.59 Å². The zero-order chi connectivity index (χ0) is 20.5. The molecule has 4 rings (SSSR count). The monoisotopic (exact) mass is 391 g/mol. The molecule has 1 N–H and O–H groups in total. The third-order valence-corrected chi connectivity index (χ3v) is 5.58. The minimum Gasteiger partial charge on any atom is -0.459 e. The predicted octanol–water partition coefficient (Wildman–Crippen LogP) is 3.79. The Kier molecular flexibility index (Phi) is 5.09. The summed E-state index contributed by atoms with van der Waals surface area (Å²) in [6.07, 6.45) is 2.96. The summed E-state index contributed by atoms with van der Waals surface area (Å²) in [4.78, 5) is 31.9. The van der Waals surface area contributed by atoms with Crippen molar-refractivity contribution in [3.8, 4) is 0 Å². The number of furan rings is 1. The van der Waals surface area contributed by atoms with E-state index in [4.69, 9.17) is 4.42 Å². The number of hydrogen-bond donors (Lipinski definition) is 1. The number of aryl methyl sites for hydroxylation is 3. The maximum Gasteiger partial charge on any atom is 0.287 e. The number of carbonyl (C=O) groups excluding carboxylic acids is 2. The number of hydrogen-bond acceptors (Lipinski definition) is 4. The summed E-state index contributed by atoms with van der Waals surface area (Å²) < 4.78 is 5.26. The van der Waals surface area contributed by atoms with E-state index in [1.807, 2.05) is 49.9 Å². The van der Waals surface area contributed by atoms with Crippen molar-refractivity contribution >= 4 is 22.7 Å². The zero-order valence-corrected chi connectivity index (χ0v) is 17.0. The molecule has 1 aromatic carbocycles. The lowest BCUT2D eigenvalue weighted by Gasteiger charge is -2.32. The Morgan fingerprint density at radius 3 is 2.55 bits per heavy atom. The molecule has 0 unspecified atom stereocenters. The van der Waals surface area contributed by atoms with Gasteiger partial charge in [-0.05, 0) is 57.4 Å². The van der Waals surface area contributed by atoms with E-state index in [0.29, 0.717) is 24.4 Å². The van der Waals surface area contributed by atoms with E-state index in [1.54, 1.807) is 6.07 Å². The van der Waals surface area contributed by atoms with Crippen LogP contribution in [0.3, 0.4) is 0 Å². The molecule has 2 aromatic heterocycles. The number of pyridine rings is 1. The van der Waals surface area contributed by atoms with Gasteiger partial charge in [0.1, 0.15) is 0 Å². The molecule has 1 fully saturated rings. The van der Waals surface area contributed by atoms with Crippen LogP contribution in [0.2, 0.25) is 0 Å². The largest absolute Gasteiger partial charge is 0.459 e. The highest BCUT2D eigenvalue weighted by atomic mass is 16.3. The Morgan fingerprint density at radius 2 is 1.86 bits per heavy atom. The Bertz CT molecular complexity index is 1080. The van der Waals surface area contributed by atoms with E-state index >= 15 is 0 Å². The van der Waals surface area contributed by atoms with E-state index < -0.39 is 0 Å². The van der Waals surface area contributed by atoms with Gasteiger partial charge < -0.3 is 14.6 Å². The van der Waals surface area contributed by atoms with Crippen LogP contribution in [0.5, 0.6) is 0 Å². The second-order valence-corrected chi connectivity index (χ2v) is 7.79. The normalized spacial score (nSPS) is 14.9. The molecule has 1 aliphatic rings. The average molecular weight is 391 g/mol. The van der Waals surface area contributed by atoms with Gasteiger partial charge in [-0.3, -0.25) is 14.6 Å². The van der Waals surface area contributed by atoms with Gasteiger partial charge in [-0.1, -0.05) is 12.1 Å². The molecule has 0 saturated carbocycles. The lowest BCUT2D eigenvalue weighted by Crippen LogP contribution is -2.46. The molecule has 0 atom stereocenters. The second kappa shape index (κ2) is 7.70. The molecule has 1 aliphatic heterocycles. The van der Waals surface area contributed by atoms with Gasteiger partial charge in [-0.25, -0.2) is 0 Å². The number of likely N-dealkylation sites (tertiary alicyclic amines) is 1. The molecule has 29 heavy (non-hydrogen) atoms. The molecule has 6 nitrogen and oxygen atoms in total. The number of nitrogens with one attached hydrogen (secondary N) is 1. The molecule has 0 spiro atoms. The van der Waals surface area contributed by atoms with Crippen molar-refractivity contribution in [1.29, 1.82) is 0 Å². The third kappa shape index (κ3) is 3.88. The molecule has 150 valence electrons. The molecular formula is C23H25N3O3. The minimum absolute atomic E-state index is 0.00382. The first-order valence-corrected chi connectivity index (χ1v) is 9.94. The minimum atomic E-state index is -0.192. The van der Waals surface area contributed by atoms with Crippen LogP contribution in [0.4, 0.5) is 0 Å². The van der Waals surface area contributed by atoms with Gasteiger partial charge in [0.05, 0.1) is 23.0 Å². The van der Waals surface area contributed by atoms with Crippen LogP contribution in [0.15, 0.2) is 41.0 Å². The predicted molar refractivity (Wildman–Crippen MR) is 111 cm³/mol. The Morgan fingerprint density at radius 1 is 1.10 bits per heavy atom. The van der Waals surface area contributed by atoms with Crippen LogP contribution in [0.1, 0.15) is 50.6 Å². The number of piperidine rings is 1. The SMILES string of the molecule is Cc1ccc2cc(C(=O)N3CCC(NC(=O)c4occc4C)CC3)c(C)nc2c1. The van der Waals surface area contributed by atoms with Crippen molar-refractivity contribution in [2.45, 2.75) is 39.7 Å². The highest BCUT2D eigenvalue weighted by molar-refractivity contribution is 5.99. The lowest BCUT2D eigenvalue weighted by molar-refractivity contribution is 0.0694. The first-order chi connectivity index (χ1) is 13.9. The van der Waals surface area contributed by atoms with Gasteiger partial charge in [0.15, 0.2) is 5.76 Å². The van der Waals surface area contributed by atoms with E-state index in [0.717, 1.165) is 40.6 Å². The number of nitrogens with zero attached hydrogens (tertiary/aromatic N) is 2. The van der Waals surface area contributed by atoms with E-state index in [-0.39, 0.29) is 17.9 Å². The molecule has 0 aliphatic carbocycles. The molecule has 2 amide bonds. The number of carbonyl (C=O) groups is 2. The zero-order valence-electron chi connectivity index (χ0n) is 17.0. The fraction of sp³-hybridized carbons (Fsp3) is 0.348. The topological polar surface area (TPSA) is 75.4 Å². The molecule has 0 bridgehead atoms. The standard InChI is InChI=1S/C23H25N3O3/c1-14-4-5-17-13-19(16(3)24-20(17)12-14)23(28)26-9-6-18(7-10-26)25-22(27)21-15(2)8-11-29-21/h4-5,8,11-13,18H,6-7,9-10H2,1-3H3,(H,25,27). The molecule has 1 saturated heterocycles. The number of fused-ring (bicyclic) bond motifs is 1. The van der Waals surface area contributed by atoms with Crippen molar-refractivity contribution in [3.05, 3.63) is 64.7 Å². The molecule has 3 heterocycles. The Balaban J connectivity index is 1.42. The maximum absolute atomic E-state index is 13.1. The van der Waals surface area contributed by atoms with Crippen LogP contribution < -0.4 is 5.32 Å². The van der Waals surface area contributed by atoms with E-state index in [1.165, 1.54) is 6.26 Å². The van der Waals surface area contributed by atoms with Crippen LogP contribution in [0, 0.1) is 20.8 Å². The van der Waals surface area contributed by atoms with Crippen LogP contribution in [-0.2, 0) is 0 Å². The quantitative estimate of drug-likeness (QED) is 0.737. The number of benzene rings is 1. The Labute approximate surface area is 169 Å². The summed E-state index contributed by atoms with van der Waals surface area (Å²) in [7, 11) is 0. The number of rotatable bonds is 3. The Hall–Kier alpha value is -3.15. The molecular weight excluding hydrogens is 366 g/mol. The molecule has 3 aromatic rings. The van der Waals surface area contributed by atoms with Gasteiger partial charge in [0.25, 0.3) is 11.8 Å². The first kappa shape index (κ1) is 19.2. The third-order valence-electron chi connectivity index (χ3n) is 5.58. The van der Waals surface area contributed by atoms with Gasteiger partial charge in [0, 0.05) is 30.1 Å². The van der Waals surface area contributed by atoms with Crippen molar-refractivity contribution in [1.82, 2.24) is 15.2 Å². The summed E-state index contributed by atoms with van der Waals surface area (Å²) in [6.45, 7) is 6.97. The first-order valence-electron chi connectivity index (χ1n) is 9.94. The maximum atomic E-state index is 13.1. The van der Waals surface area contributed by atoms with Crippen molar-refractivity contribution < 1.29 is 14.0 Å². The molecule has 0 radical (unpaired) electrons. The van der Waals surface area contributed by atoms with Crippen molar-refractivity contribution in [3.63, 3.8) is 0 Å². The van der Waals surface area contributed by atoms with Crippen molar-refractivity contribution in [2.75, 3.05) is 13.1 Å². The van der Waals surface area contributed by atoms with Gasteiger partial charge in [0.2, 0.25) is 0 Å². The molecule has 6 heteroatoms. The van der Waals surface area contributed by atoms with Crippen molar-refractivity contribution in [2.24, 2.45) is 0 Å². The number of aromatic nitrogens is 1. The summed E-state index contributed by atoms with van der Waals surface area (Å²) in [5, 5.41) is 3.99. The van der Waals surface area contributed by atoms with Gasteiger partial charge in [-0.15, -0.1) is 0 Å². The fourth-order valence-electron chi connectivity index (χ4n) is 3.84. The summed E-state index contributed by atoms with van der Waals surface area (Å²) in [5.41, 5.74) is 4.28. The van der Waals surface area contributed by atoms with Gasteiger partial charge in [-0.2, -0.15) is 0 Å². The number of amides is 2. The van der Waals surface area contributed by atoms with Crippen LogP contribution in [0.25, 0.3) is 10.9 Å². The van der Waals surface area contributed by atoms with Crippen LogP contribution >= 0.6 is 0 Å². The van der Waals surface area contributed by atoms with Gasteiger partial charge >= 0.3 is 0 Å². The van der Waals surface area contributed by atoms with Crippen LogP contribution in [-0.4, -0.2) is 40.8 Å². The highest BCUT2D eigenvalue weighted by Crippen LogP contribution is 2.21.